The smallest absolute Gasteiger partial charge is 0.352 e. The van der Waals surface area contributed by atoms with Crippen LogP contribution < -0.4 is 5.32 Å². The highest BCUT2D eigenvalue weighted by Gasteiger charge is 2.31. The van der Waals surface area contributed by atoms with E-state index < -0.39 is 11.7 Å². The summed E-state index contributed by atoms with van der Waals surface area (Å²) in [4.78, 5) is 19.5. The summed E-state index contributed by atoms with van der Waals surface area (Å²) in [6.07, 6.45) is -2.69. The molecule has 7 heteroatoms. The van der Waals surface area contributed by atoms with Gasteiger partial charge in [0.2, 0.25) is 0 Å². The zero-order valence-corrected chi connectivity index (χ0v) is 18.3. The van der Waals surface area contributed by atoms with Crippen molar-refractivity contribution in [1.82, 2.24) is 15.2 Å². The van der Waals surface area contributed by atoms with Gasteiger partial charge in [0.25, 0.3) is 5.91 Å². The van der Waals surface area contributed by atoms with Crippen molar-refractivity contribution >= 4 is 5.91 Å². The second-order valence-corrected chi connectivity index (χ2v) is 8.74. The predicted molar refractivity (Wildman–Crippen MR) is 115 cm³/mol. The molecule has 3 rings (SSSR count). The molecule has 1 fully saturated rings. The van der Waals surface area contributed by atoms with E-state index in [9.17, 15) is 18.0 Å². The van der Waals surface area contributed by atoms with Crippen LogP contribution in [0.3, 0.4) is 0 Å². The first-order chi connectivity index (χ1) is 14.6. The molecule has 0 atom stereocenters. The lowest BCUT2D eigenvalue weighted by Gasteiger charge is -2.32. The maximum Gasteiger partial charge on any atom is 0.416 e. The first-order valence-corrected chi connectivity index (χ1v) is 10.8. The molecule has 1 aromatic carbocycles. The third-order valence-electron chi connectivity index (χ3n) is 5.61. The minimum atomic E-state index is -4.33. The Morgan fingerprint density at radius 2 is 1.90 bits per heavy atom. The minimum absolute atomic E-state index is 0.0948. The third kappa shape index (κ3) is 6.29. The Morgan fingerprint density at radius 1 is 1.19 bits per heavy atom. The zero-order chi connectivity index (χ0) is 22.6. The van der Waals surface area contributed by atoms with E-state index >= 15 is 0 Å². The maximum absolute atomic E-state index is 13.0. The number of rotatable bonds is 6. The second-order valence-electron chi connectivity index (χ2n) is 8.74. The van der Waals surface area contributed by atoms with Crippen LogP contribution >= 0.6 is 0 Å². The summed E-state index contributed by atoms with van der Waals surface area (Å²) in [6.45, 7) is 8.62. The first kappa shape index (κ1) is 23.3. The van der Waals surface area contributed by atoms with E-state index in [0.717, 1.165) is 43.4 Å². The van der Waals surface area contributed by atoms with Crippen molar-refractivity contribution in [1.29, 1.82) is 0 Å². The number of likely N-dealkylation sites (tertiary alicyclic amines) is 1. The Morgan fingerprint density at radius 3 is 2.55 bits per heavy atom. The van der Waals surface area contributed by atoms with E-state index in [-0.39, 0.29) is 11.8 Å². The van der Waals surface area contributed by atoms with Crippen LogP contribution in [-0.2, 0) is 12.7 Å². The van der Waals surface area contributed by atoms with Crippen LogP contribution in [-0.4, -0.2) is 35.4 Å². The number of nitrogens with zero attached hydrogens (tertiary/aromatic N) is 2. The summed E-state index contributed by atoms with van der Waals surface area (Å²) in [7, 11) is 0. The van der Waals surface area contributed by atoms with Gasteiger partial charge in [-0.15, -0.1) is 0 Å². The minimum Gasteiger partial charge on any atom is -0.352 e. The average molecular weight is 434 g/mol. The number of alkyl halides is 3. The standard InChI is InChI=1S/C24H30F3N3O/c1-16(2)14-28-23(31)21-8-7-17(3)29-22(21)19-9-11-30(12-10-19)15-18-5-4-6-20(13-18)24(25,26)27/h4-8,13,16,19H,9-12,14-15H2,1-3H3,(H,28,31). The molecule has 1 amide bonds. The summed E-state index contributed by atoms with van der Waals surface area (Å²) in [6, 6.07) is 9.24. The van der Waals surface area contributed by atoms with Crippen molar-refractivity contribution < 1.29 is 18.0 Å². The molecule has 0 spiro atoms. The highest BCUT2D eigenvalue weighted by Crippen LogP contribution is 2.32. The van der Waals surface area contributed by atoms with E-state index in [4.69, 9.17) is 0 Å². The molecule has 1 aromatic heterocycles. The number of hydrogen-bond acceptors (Lipinski definition) is 3. The Kier molecular flexibility index (Phi) is 7.36. The van der Waals surface area contributed by atoms with Crippen molar-refractivity contribution in [2.24, 2.45) is 5.92 Å². The number of pyridine rings is 1. The summed E-state index contributed by atoms with van der Waals surface area (Å²) in [5, 5.41) is 2.97. The normalized spacial score (nSPS) is 16.0. The largest absolute Gasteiger partial charge is 0.416 e. The average Bonchev–Trinajstić information content (AvgIpc) is 2.72. The number of aromatic nitrogens is 1. The molecule has 2 aromatic rings. The summed E-state index contributed by atoms with van der Waals surface area (Å²) >= 11 is 0. The molecule has 1 aliphatic heterocycles. The fourth-order valence-electron chi connectivity index (χ4n) is 3.94. The lowest BCUT2D eigenvalue weighted by Crippen LogP contribution is -2.34. The topological polar surface area (TPSA) is 45.2 Å². The number of nitrogens with one attached hydrogen (secondary N) is 1. The zero-order valence-electron chi connectivity index (χ0n) is 18.3. The van der Waals surface area contributed by atoms with E-state index in [1.807, 2.05) is 19.1 Å². The SMILES string of the molecule is Cc1ccc(C(=O)NCC(C)C)c(C2CCN(Cc3cccc(C(F)(F)F)c3)CC2)n1. The van der Waals surface area contributed by atoms with Gasteiger partial charge in [-0.3, -0.25) is 14.7 Å². The molecule has 0 unspecified atom stereocenters. The van der Waals surface area contributed by atoms with Gasteiger partial charge in [0.05, 0.1) is 16.8 Å². The lowest BCUT2D eigenvalue weighted by atomic mass is 9.89. The van der Waals surface area contributed by atoms with Crippen molar-refractivity contribution in [2.75, 3.05) is 19.6 Å². The number of halogens is 3. The number of carbonyl (C=O) groups is 1. The Hall–Kier alpha value is -2.41. The van der Waals surface area contributed by atoms with Crippen LogP contribution in [0.2, 0.25) is 0 Å². The molecule has 168 valence electrons. The van der Waals surface area contributed by atoms with E-state index in [1.54, 1.807) is 6.07 Å². The number of carbonyl (C=O) groups excluding carboxylic acids is 1. The molecule has 31 heavy (non-hydrogen) atoms. The van der Waals surface area contributed by atoms with E-state index in [0.29, 0.717) is 30.1 Å². The molecule has 4 nitrogen and oxygen atoms in total. The third-order valence-corrected chi connectivity index (χ3v) is 5.61. The molecule has 2 heterocycles. The van der Waals surface area contributed by atoms with Crippen molar-refractivity contribution in [3.63, 3.8) is 0 Å². The van der Waals surface area contributed by atoms with E-state index in [2.05, 4.69) is 29.0 Å². The number of piperidine rings is 1. The Labute approximate surface area is 181 Å². The van der Waals surface area contributed by atoms with Crippen LogP contribution in [0.4, 0.5) is 13.2 Å². The van der Waals surface area contributed by atoms with Gasteiger partial charge in [0, 0.05) is 24.7 Å². The van der Waals surface area contributed by atoms with E-state index in [1.165, 1.54) is 12.1 Å². The van der Waals surface area contributed by atoms with Crippen LogP contribution in [0, 0.1) is 12.8 Å². The summed E-state index contributed by atoms with van der Waals surface area (Å²) in [5.41, 5.74) is 2.39. The molecule has 0 bridgehead atoms. The molecular formula is C24H30F3N3O. The highest BCUT2D eigenvalue weighted by atomic mass is 19.4. The monoisotopic (exact) mass is 433 g/mol. The van der Waals surface area contributed by atoms with Gasteiger partial charge in [-0.25, -0.2) is 0 Å². The Bertz CT molecular complexity index is 903. The van der Waals surface area contributed by atoms with Gasteiger partial charge < -0.3 is 5.32 Å². The molecule has 0 radical (unpaired) electrons. The van der Waals surface area contributed by atoms with Gasteiger partial charge in [-0.05, 0) is 62.5 Å². The maximum atomic E-state index is 13.0. The first-order valence-electron chi connectivity index (χ1n) is 10.8. The number of amides is 1. The second kappa shape index (κ2) is 9.81. The summed E-state index contributed by atoms with van der Waals surface area (Å²) in [5.74, 6) is 0.435. The number of benzene rings is 1. The molecule has 0 aliphatic carbocycles. The van der Waals surface area contributed by atoms with Gasteiger partial charge in [0.1, 0.15) is 0 Å². The van der Waals surface area contributed by atoms with Crippen molar-refractivity contribution in [3.8, 4) is 0 Å². The van der Waals surface area contributed by atoms with Crippen molar-refractivity contribution in [3.05, 3.63) is 64.5 Å². The van der Waals surface area contributed by atoms with Crippen LogP contribution in [0.5, 0.6) is 0 Å². The molecule has 1 saturated heterocycles. The number of aryl methyl sites for hydroxylation is 1. The van der Waals surface area contributed by atoms with Crippen LogP contribution in [0.15, 0.2) is 36.4 Å². The van der Waals surface area contributed by atoms with Gasteiger partial charge in [-0.2, -0.15) is 13.2 Å². The predicted octanol–water partition coefficient (Wildman–Crippen LogP) is 5.17. The summed E-state index contributed by atoms with van der Waals surface area (Å²) < 4.78 is 38.9. The molecular weight excluding hydrogens is 403 g/mol. The number of hydrogen-bond donors (Lipinski definition) is 1. The molecule has 1 aliphatic rings. The Balaban J connectivity index is 1.66. The van der Waals surface area contributed by atoms with Gasteiger partial charge >= 0.3 is 6.18 Å². The fraction of sp³-hybridized carbons (Fsp3) is 0.500. The van der Waals surface area contributed by atoms with Crippen LogP contribution in [0.1, 0.15) is 65.5 Å². The van der Waals surface area contributed by atoms with Crippen LogP contribution in [0.25, 0.3) is 0 Å². The molecule has 0 saturated carbocycles. The lowest BCUT2D eigenvalue weighted by molar-refractivity contribution is -0.137. The highest BCUT2D eigenvalue weighted by molar-refractivity contribution is 5.95. The molecule has 1 N–H and O–H groups in total. The van der Waals surface area contributed by atoms with Gasteiger partial charge in [-0.1, -0.05) is 32.0 Å². The van der Waals surface area contributed by atoms with Crippen molar-refractivity contribution in [2.45, 2.75) is 52.3 Å². The quantitative estimate of drug-likeness (QED) is 0.683. The van der Waals surface area contributed by atoms with Gasteiger partial charge in [0.15, 0.2) is 0 Å². The fourth-order valence-corrected chi connectivity index (χ4v) is 3.94.